The second-order valence-electron chi connectivity index (χ2n) is 4.79. The summed E-state index contributed by atoms with van der Waals surface area (Å²) < 4.78 is 5.33. The van der Waals surface area contributed by atoms with Gasteiger partial charge in [-0.3, -0.25) is 4.79 Å². The molecule has 0 aliphatic heterocycles. The summed E-state index contributed by atoms with van der Waals surface area (Å²) >= 11 is 6.01. The van der Waals surface area contributed by atoms with Gasteiger partial charge in [-0.2, -0.15) is 0 Å². The summed E-state index contributed by atoms with van der Waals surface area (Å²) in [5.74, 6) is 1.18. The molecule has 0 atom stereocenters. The Bertz CT molecular complexity index is 430. The van der Waals surface area contributed by atoms with Gasteiger partial charge in [0.25, 0.3) is 0 Å². The highest BCUT2D eigenvalue weighted by atomic mass is 35.5. The third-order valence-electron chi connectivity index (χ3n) is 2.59. The average Bonchev–Trinajstić information content (AvgIpc) is 2.24. The lowest BCUT2D eigenvalue weighted by Gasteiger charge is -2.13. The number of halogens is 1. The van der Waals surface area contributed by atoms with Gasteiger partial charge >= 0.3 is 0 Å². The van der Waals surface area contributed by atoms with Crippen LogP contribution in [0.1, 0.15) is 31.4 Å². The van der Waals surface area contributed by atoms with Crippen LogP contribution in [-0.2, 0) is 11.3 Å². The second-order valence-corrected chi connectivity index (χ2v) is 5.23. The minimum absolute atomic E-state index is 0.0460. The Hall–Kier alpha value is -1.22. The number of hydrogen-bond acceptors (Lipinski definition) is 2. The number of carbonyl (C=O) groups is 1. The van der Waals surface area contributed by atoms with E-state index in [1.165, 1.54) is 0 Å². The molecule has 0 unspecified atom stereocenters. The maximum atomic E-state index is 11.6. The van der Waals surface area contributed by atoms with Crippen molar-refractivity contribution in [1.82, 2.24) is 5.32 Å². The van der Waals surface area contributed by atoms with Gasteiger partial charge in [0.1, 0.15) is 5.75 Å². The molecular weight excluding hydrogens is 250 g/mol. The first-order chi connectivity index (χ1) is 8.43. The smallest absolute Gasteiger partial charge is 0.220 e. The zero-order chi connectivity index (χ0) is 13.7. The lowest BCUT2D eigenvalue weighted by Crippen LogP contribution is -2.24. The lowest BCUT2D eigenvalue weighted by atomic mass is 10.1. The highest BCUT2D eigenvalue weighted by molar-refractivity contribution is 6.30. The Balaban J connectivity index is 2.75. The van der Waals surface area contributed by atoms with Crippen molar-refractivity contribution in [2.24, 2.45) is 5.92 Å². The van der Waals surface area contributed by atoms with Crippen molar-refractivity contribution < 1.29 is 9.53 Å². The molecule has 0 saturated carbocycles. The zero-order valence-corrected chi connectivity index (χ0v) is 12.1. The molecule has 3 nitrogen and oxygen atoms in total. The maximum absolute atomic E-state index is 11.6. The normalized spacial score (nSPS) is 10.6. The number of benzene rings is 1. The highest BCUT2D eigenvalue weighted by Gasteiger charge is 2.10. The van der Waals surface area contributed by atoms with Crippen LogP contribution < -0.4 is 10.1 Å². The number of ether oxygens (including phenoxy) is 1. The molecule has 0 aliphatic rings. The summed E-state index contributed by atoms with van der Waals surface area (Å²) in [5, 5.41) is 3.54. The molecule has 100 valence electrons. The molecule has 1 aromatic rings. The first-order valence-corrected chi connectivity index (χ1v) is 6.41. The zero-order valence-electron chi connectivity index (χ0n) is 11.3. The van der Waals surface area contributed by atoms with E-state index in [0.29, 0.717) is 23.9 Å². The fraction of sp³-hybridized carbons (Fsp3) is 0.500. The van der Waals surface area contributed by atoms with Crippen LogP contribution in [0, 0.1) is 12.8 Å². The SMILES string of the molecule is COc1c(C)cc(Cl)cc1CNC(=O)CC(C)C. The number of rotatable bonds is 5. The van der Waals surface area contributed by atoms with Crippen molar-refractivity contribution in [2.45, 2.75) is 33.7 Å². The van der Waals surface area contributed by atoms with E-state index in [-0.39, 0.29) is 5.91 Å². The predicted octanol–water partition coefficient (Wildman–Crippen LogP) is 3.32. The van der Waals surface area contributed by atoms with Crippen LogP contribution in [0.4, 0.5) is 0 Å². The van der Waals surface area contributed by atoms with Crippen molar-refractivity contribution in [3.63, 3.8) is 0 Å². The van der Waals surface area contributed by atoms with Crippen LogP contribution in [0.2, 0.25) is 5.02 Å². The van der Waals surface area contributed by atoms with E-state index in [4.69, 9.17) is 16.3 Å². The van der Waals surface area contributed by atoms with E-state index in [0.717, 1.165) is 16.9 Å². The molecule has 0 fully saturated rings. The highest BCUT2D eigenvalue weighted by Crippen LogP contribution is 2.27. The number of methoxy groups -OCH3 is 1. The molecule has 0 heterocycles. The van der Waals surface area contributed by atoms with Crippen LogP contribution in [0.3, 0.4) is 0 Å². The van der Waals surface area contributed by atoms with E-state index in [2.05, 4.69) is 5.32 Å². The molecule has 0 spiro atoms. The van der Waals surface area contributed by atoms with Crippen molar-refractivity contribution in [3.8, 4) is 5.75 Å². The van der Waals surface area contributed by atoms with Crippen molar-refractivity contribution in [2.75, 3.05) is 7.11 Å². The minimum atomic E-state index is 0.0460. The summed E-state index contributed by atoms with van der Waals surface area (Å²) in [7, 11) is 1.62. The Morgan fingerprint density at radius 2 is 2.11 bits per heavy atom. The van der Waals surface area contributed by atoms with Gasteiger partial charge < -0.3 is 10.1 Å². The fourth-order valence-electron chi connectivity index (χ4n) is 1.86. The van der Waals surface area contributed by atoms with Crippen molar-refractivity contribution in [1.29, 1.82) is 0 Å². The summed E-state index contributed by atoms with van der Waals surface area (Å²) in [6.07, 6.45) is 0.530. The Morgan fingerprint density at radius 3 is 2.67 bits per heavy atom. The maximum Gasteiger partial charge on any atom is 0.220 e. The number of amides is 1. The third-order valence-corrected chi connectivity index (χ3v) is 2.81. The molecule has 18 heavy (non-hydrogen) atoms. The molecule has 1 aromatic carbocycles. The molecule has 4 heteroatoms. The molecule has 1 rings (SSSR count). The van der Waals surface area contributed by atoms with Gasteiger partial charge in [-0.15, -0.1) is 0 Å². The Kier molecular flexibility index (Phi) is 5.48. The van der Waals surface area contributed by atoms with E-state index in [1.807, 2.05) is 32.9 Å². The van der Waals surface area contributed by atoms with E-state index >= 15 is 0 Å². The van der Waals surface area contributed by atoms with E-state index in [1.54, 1.807) is 7.11 Å². The summed E-state index contributed by atoms with van der Waals surface area (Å²) in [5.41, 5.74) is 1.87. The van der Waals surface area contributed by atoms with Crippen molar-refractivity contribution in [3.05, 3.63) is 28.3 Å². The van der Waals surface area contributed by atoms with Crippen LogP contribution in [0.25, 0.3) is 0 Å². The summed E-state index contributed by atoms with van der Waals surface area (Å²) in [6.45, 7) is 6.41. The second kappa shape index (κ2) is 6.64. The Labute approximate surface area is 113 Å². The Morgan fingerprint density at radius 1 is 1.44 bits per heavy atom. The quantitative estimate of drug-likeness (QED) is 0.891. The monoisotopic (exact) mass is 269 g/mol. The third kappa shape index (κ3) is 4.22. The standard InChI is InChI=1S/C14H20ClNO2/c1-9(2)5-13(17)16-8-11-7-12(15)6-10(3)14(11)18-4/h6-7,9H,5,8H2,1-4H3,(H,16,17). The van der Waals surface area contributed by atoms with Crippen LogP contribution in [0.15, 0.2) is 12.1 Å². The van der Waals surface area contributed by atoms with Gasteiger partial charge in [0, 0.05) is 23.6 Å². The van der Waals surface area contributed by atoms with Gasteiger partial charge in [0.2, 0.25) is 5.91 Å². The van der Waals surface area contributed by atoms with E-state index in [9.17, 15) is 4.79 Å². The average molecular weight is 270 g/mol. The lowest BCUT2D eigenvalue weighted by molar-refractivity contribution is -0.121. The number of hydrogen-bond donors (Lipinski definition) is 1. The molecule has 0 radical (unpaired) electrons. The van der Waals surface area contributed by atoms with Crippen LogP contribution in [-0.4, -0.2) is 13.0 Å². The molecule has 1 N–H and O–H groups in total. The number of carbonyl (C=O) groups excluding carboxylic acids is 1. The summed E-state index contributed by atoms with van der Waals surface area (Å²) in [6, 6.07) is 3.67. The molecule has 0 aliphatic carbocycles. The first-order valence-electron chi connectivity index (χ1n) is 6.03. The van der Waals surface area contributed by atoms with E-state index < -0.39 is 0 Å². The topological polar surface area (TPSA) is 38.3 Å². The minimum Gasteiger partial charge on any atom is -0.496 e. The van der Waals surface area contributed by atoms with Gasteiger partial charge in [0.05, 0.1) is 7.11 Å². The molecule has 0 aromatic heterocycles. The molecule has 0 saturated heterocycles. The molecular formula is C14H20ClNO2. The number of nitrogens with one attached hydrogen (secondary N) is 1. The largest absolute Gasteiger partial charge is 0.496 e. The number of aryl methyl sites for hydroxylation is 1. The van der Waals surface area contributed by atoms with Gasteiger partial charge in [-0.1, -0.05) is 25.4 Å². The molecule has 1 amide bonds. The molecule has 0 bridgehead atoms. The van der Waals surface area contributed by atoms with Crippen LogP contribution in [0.5, 0.6) is 5.75 Å². The van der Waals surface area contributed by atoms with Crippen molar-refractivity contribution >= 4 is 17.5 Å². The predicted molar refractivity (Wildman–Crippen MR) is 74.0 cm³/mol. The van der Waals surface area contributed by atoms with Gasteiger partial charge in [0.15, 0.2) is 0 Å². The fourth-order valence-corrected chi connectivity index (χ4v) is 2.15. The van der Waals surface area contributed by atoms with Gasteiger partial charge in [-0.25, -0.2) is 0 Å². The summed E-state index contributed by atoms with van der Waals surface area (Å²) in [4.78, 5) is 11.6. The first kappa shape index (κ1) is 14.8. The van der Waals surface area contributed by atoms with Crippen LogP contribution >= 0.6 is 11.6 Å². The van der Waals surface area contributed by atoms with Gasteiger partial charge in [-0.05, 0) is 30.5 Å².